The maximum Gasteiger partial charge on any atom is 0.312 e. The van der Waals surface area contributed by atoms with Crippen molar-refractivity contribution >= 4 is 11.9 Å². The molecule has 0 bridgehead atoms. The number of ether oxygens (including phenoxy) is 2. The second kappa shape index (κ2) is 13.8. The minimum absolute atomic E-state index is 0.153. The topological polar surface area (TPSA) is 108 Å². The molecule has 8 heteroatoms. The van der Waals surface area contributed by atoms with Gasteiger partial charge < -0.3 is 20.1 Å². The number of hydrogen-bond acceptors (Lipinski definition) is 7. The van der Waals surface area contributed by atoms with Crippen molar-refractivity contribution in [3.63, 3.8) is 0 Å². The van der Waals surface area contributed by atoms with Gasteiger partial charge in [-0.2, -0.15) is 0 Å². The number of carbonyl (C=O) groups excluding carboxylic acids is 2. The molecule has 8 nitrogen and oxygen atoms in total. The average molecular weight is 531 g/mol. The van der Waals surface area contributed by atoms with Gasteiger partial charge in [0.2, 0.25) is 5.91 Å². The molecule has 1 aliphatic heterocycles. The van der Waals surface area contributed by atoms with E-state index < -0.39 is 6.04 Å². The van der Waals surface area contributed by atoms with Gasteiger partial charge in [-0.05, 0) is 36.1 Å². The van der Waals surface area contributed by atoms with E-state index in [1.807, 2.05) is 60.9 Å². The van der Waals surface area contributed by atoms with E-state index >= 15 is 0 Å². The zero-order valence-electron chi connectivity index (χ0n) is 22.8. The minimum atomic E-state index is -0.660. The number of amides is 1. The second-order valence-corrected chi connectivity index (χ2v) is 10.1. The van der Waals surface area contributed by atoms with Gasteiger partial charge in [-0.25, -0.2) is 9.97 Å². The first-order valence-corrected chi connectivity index (χ1v) is 13.7. The van der Waals surface area contributed by atoms with Crippen LogP contribution in [0.4, 0.5) is 0 Å². The van der Waals surface area contributed by atoms with E-state index in [1.54, 1.807) is 4.90 Å². The van der Waals surface area contributed by atoms with Crippen LogP contribution in [0.3, 0.4) is 0 Å². The number of nitrogens with two attached hydrogens (primary N) is 1. The lowest BCUT2D eigenvalue weighted by Gasteiger charge is -2.38. The molecule has 1 saturated heterocycles. The number of carbonyl (C=O) groups is 2. The van der Waals surface area contributed by atoms with Gasteiger partial charge in [-0.1, -0.05) is 69.0 Å². The monoisotopic (exact) mass is 530 g/mol. The molecule has 1 aromatic heterocycles. The predicted molar refractivity (Wildman–Crippen MR) is 151 cm³/mol. The van der Waals surface area contributed by atoms with E-state index in [2.05, 4.69) is 16.9 Å². The van der Waals surface area contributed by atoms with Crippen LogP contribution < -0.4 is 10.5 Å². The largest absolute Gasteiger partial charge is 0.494 e. The molecule has 1 amide bonds. The quantitative estimate of drug-likeness (QED) is 0.253. The smallest absolute Gasteiger partial charge is 0.312 e. The summed E-state index contributed by atoms with van der Waals surface area (Å²) in [5, 5.41) is 0. The number of unbranched alkanes of at least 4 members (excludes halogenated alkanes) is 4. The third-order valence-electron chi connectivity index (χ3n) is 7.07. The maximum absolute atomic E-state index is 12.6. The molecule has 39 heavy (non-hydrogen) atoms. The Kier molecular flexibility index (Phi) is 10.0. The summed E-state index contributed by atoms with van der Waals surface area (Å²) in [7, 11) is 1.35. The zero-order chi connectivity index (χ0) is 27.6. The number of benzene rings is 2. The molecule has 1 atom stereocenters. The number of methoxy groups -OCH3 is 1. The van der Waals surface area contributed by atoms with E-state index in [0.29, 0.717) is 25.3 Å². The molecule has 2 heterocycles. The summed E-state index contributed by atoms with van der Waals surface area (Å²) < 4.78 is 10.6. The predicted octanol–water partition coefficient (Wildman–Crippen LogP) is 4.66. The highest BCUT2D eigenvalue weighted by atomic mass is 16.5. The van der Waals surface area contributed by atoms with Crippen LogP contribution >= 0.6 is 0 Å². The fraction of sp³-hybridized carbons (Fsp3) is 0.419. The van der Waals surface area contributed by atoms with Crippen LogP contribution in [0.25, 0.3) is 22.5 Å². The van der Waals surface area contributed by atoms with Crippen molar-refractivity contribution in [2.75, 3.05) is 26.8 Å². The molecule has 2 aromatic carbocycles. The van der Waals surface area contributed by atoms with Gasteiger partial charge in [-0.15, -0.1) is 0 Å². The Bertz CT molecular complexity index is 1210. The number of rotatable bonds is 13. The molecule has 0 spiro atoms. The van der Waals surface area contributed by atoms with Crippen molar-refractivity contribution < 1.29 is 19.1 Å². The Hall–Kier alpha value is -3.78. The summed E-state index contributed by atoms with van der Waals surface area (Å²) in [4.78, 5) is 34.8. The number of nitrogens with zero attached hydrogens (tertiary/aromatic N) is 3. The number of hydrogen-bond donors (Lipinski definition) is 1. The van der Waals surface area contributed by atoms with Gasteiger partial charge in [0.1, 0.15) is 5.75 Å². The lowest BCUT2D eigenvalue weighted by Crippen LogP contribution is -2.57. The molecule has 1 unspecified atom stereocenters. The minimum Gasteiger partial charge on any atom is -0.494 e. The van der Waals surface area contributed by atoms with Crippen LogP contribution in [-0.4, -0.2) is 59.6 Å². The Morgan fingerprint density at radius 3 is 2.21 bits per heavy atom. The molecular formula is C31H38N4O4. The lowest BCUT2D eigenvalue weighted by molar-refractivity contribution is -0.156. The molecule has 3 aromatic rings. The Balaban J connectivity index is 1.26. The van der Waals surface area contributed by atoms with Crippen LogP contribution in [0.1, 0.15) is 44.6 Å². The third kappa shape index (κ3) is 7.63. The molecular weight excluding hydrogens is 492 g/mol. The van der Waals surface area contributed by atoms with Crippen LogP contribution in [0.2, 0.25) is 0 Å². The summed E-state index contributed by atoms with van der Waals surface area (Å²) in [6.07, 6.45) is 10.2. The first-order chi connectivity index (χ1) is 19.0. The second-order valence-electron chi connectivity index (χ2n) is 10.1. The molecule has 2 N–H and O–H groups in total. The normalized spacial score (nSPS) is 14.0. The van der Waals surface area contributed by atoms with Crippen molar-refractivity contribution in [1.82, 2.24) is 14.9 Å². The first-order valence-electron chi connectivity index (χ1n) is 13.7. The van der Waals surface area contributed by atoms with Crippen LogP contribution in [-0.2, 0) is 20.7 Å². The zero-order valence-corrected chi connectivity index (χ0v) is 22.8. The average Bonchev–Trinajstić information content (AvgIpc) is 2.94. The fourth-order valence-corrected chi connectivity index (χ4v) is 4.61. The highest BCUT2D eigenvalue weighted by Gasteiger charge is 2.38. The summed E-state index contributed by atoms with van der Waals surface area (Å²) in [5.74, 6) is 0.816. The van der Waals surface area contributed by atoms with Gasteiger partial charge in [0, 0.05) is 36.6 Å². The summed E-state index contributed by atoms with van der Waals surface area (Å²) >= 11 is 0. The van der Waals surface area contributed by atoms with Crippen molar-refractivity contribution in [3.05, 3.63) is 66.5 Å². The molecule has 206 valence electrons. The van der Waals surface area contributed by atoms with Crippen LogP contribution in [0.15, 0.2) is 60.9 Å². The van der Waals surface area contributed by atoms with E-state index in [-0.39, 0.29) is 17.8 Å². The molecule has 1 aliphatic rings. The molecule has 4 rings (SSSR count). The van der Waals surface area contributed by atoms with Crippen LogP contribution in [0.5, 0.6) is 5.75 Å². The van der Waals surface area contributed by atoms with Crippen molar-refractivity contribution in [3.8, 4) is 28.3 Å². The van der Waals surface area contributed by atoms with Gasteiger partial charge in [0.25, 0.3) is 0 Å². The van der Waals surface area contributed by atoms with Gasteiger partial charge >= 0.3 is 5.97 Å². The first kappa shape index (κ1) is 28.2. The SMILES string of the molecule is CCCCCCCOc1ccc(-c2cnc(-c3ccc(CC(N)C(=O)N4CC(C(=O)OC)C4)cc3)nc2)cc1. The molecule has 0 saturated carbocycles. The molecule has 0 aliphatic carbocycles. The van der Waals surface area contributed by atoms with Gasteiger partial charge in [-0.3, -0.25) is 9.59 Å². The van der Waals surface area contributed by atoms with Crippen molar-refractivity contribution in [1.29, 1.82) is 0 Å². The van der Waals surface area contributed by atoms with E-state index in [9.17, 15) is 9.59 Å². The Morgan fingerprint density at radius 1 is 0.923 bits per heavy atom. The van der Waals surface area contributed by atoms with Gasteiger partial charge in [0.15, 0.2) is 5.82 Å². The Labute approximate surface area is 230 Å². The van der Waals surface area contributed by atoms with E-state index in [1.165, 1.54) is 32.8 Å². The van der Waals surface area contributed by atoms with Crippen LogP contribution in [0, 0.1) is 5.92 Å². The summed E-state index contributed by atoms with van der Waals surface area (Å²) in [6, 6.07) is 15.1. The number of likely N-dealkylation sites (tertiary alicyclic amines) is 1. The summed E-state index contributed by atoms with van der Waals surface area (Å²) in [6.45, 7) is 3.70. The Morgan fingerprint density at radius 2 is 1.56 bits per heavy atom. The van der Waals surface area contributed by atoms with Gasteiger partial charge in [0.05, 0.1) is 25.7 Å². The molecule has 1 fully saturated rings. The summed E-state index contributed by atoms with van der Waals surface area (Å²) in [5.41, 5.74) is 9.95. The van der Waals surface area contributed by atoms with E-state index in [0.717, 1.165) is 41.0 Å². The molecule has 0 radical (unpaired) electrons. The number of aromatic nitrogens is 2. The highest BCUT2D eigenvalue weighted by molar-refractivity contribution is 5.85. The lowest BCUT2D eigenvalue weighted by atomic mass is 9.97. The third-order valence-corrected chi connectivity index (χ3v) is 7.07. The van der Waals surface area contributed by atoms with Crippen molar-refractivity contribution in [2.45, 2.75) is 51.5 Å². The maximum atomic E-state index is 12.6. The van der Waals surface area contributed by atoms with Crippen molar-refractivity contribution in [2.24, 2.45) is 11.7 Å². The standard InChI is InChI=1S/C31H38N4O4/c1-3-4-5-6-7-16-39-27-14-12-23(13-15-27)25-18-33-29(34-19-25)24-10-8-22(9-11-24)17-28(32)30(36)35-20-26(21-35)31(37)38-2/h8-15,18-19,26,28H,3-7,16-17,20-21,32H2,1-2H3. The fourth-order valence-electron chi connectivity index (χ4n) is 4.61. The van der Waals surface area contributed by atoms with E-state index in [4.69, 9.17) is 15.2 Å². The highest BCUT2D eigenvalue weighted by Crippen LogP contribution is 2.24. The number of esters is 1.